The molecule has 0 spiro atoms. The minimum Gasteiger partial charge on any atom is -0.494 e. The van der Waals surface area contributed by atoms with Gasteiger partial charge in [0, 0.05) is 24.4 Å². The van der Waals surface area contributed by atoms with Gasteiger partial charge in [0.15, 0.2) is 11.6 Å². The lowest BCUT2D eigenvalue weighted by Crippen LogP contribution is -2.42. The zero-order valence-electron chi connectivity index (χ0n) is 17.6. The Morgan fingerprint density at radius 1 is 1.19 bits per heavy atom. The summed E-state index contributed by atoms with van der Waals surface area (Å²) in [5.74, 6) is -0.768. The van der Waals surface area contributed by atoms with Crippen LogP contribution in [0.1, 0.15) is 36.9 Å². The van der Waals surface area contributed by atoms with Gasteiger partial charge >= 0.3 is 0 Å². The van der Waals surface area contributed by atoms with Gasteiger partial charge in [-0.1, -0.05) is 36.4 Å². The van der Waals surface area contributed by atoms with Gasteiger partial charge in [-0.25, -0.2) is 12.8 Å². The largest absolute Gasteiger partial charge is 0.494 e. The van der Waals surface area contributed by atoms with Crippen molar-refractivity contribution < 1.29 is 22.3 Å². The van der Waals surface area contributed by atoms with E-state index in [2.05, 4.69) is 5.32 Å². The van der Waals surface area contributed by atoms with E-state index >= 15 is 0 Å². The number of nitrogens with one attached hydrogen (secondary N) is 1. The highest BCUT2D eigenvalue weighted by Gasteiger charge is 2.30. The maximum Gasteiger partial charge on any atom is 0.236 e. The van der Waals surface area contributed by atoms with Crippen LogP contribution in [0.2, 0.25) is 0 Å². The Kier molecular flexibility index (Phi) is 7.46. The van der Waals surface area contributed by atoms with E-state index in [1.807, 2.05) is 30.3 Å². The Morgan fingerprint density at radius 2 is 1.87 bits per heavy atom. The number of rotatable bonds is 7. The second-order valence-corrected chi connectivity index (χ2v) is 9.37. The molecule has 1 N–H and O–H groups in total. The van der Waals surface area contributed by atoms with Crippen molar-refractivity contribution in [1.29, 1.82) is 0 Å². The zero-order valence-corrected chi connectivity index (χ0v) is 18.4. The molecule has 1 aliphatic heterocycles. The maximum atomic E-state index is 13.9. The van der Waals surface area contributed by atoms with Crippen LogP contribution in [0.5, 0.6) is 5.75 Å². The molecule has 2 aromatic carbocycles. The molecule has 0 aromatic heterocycles. The second kappa shape index (κ2) is 10.1. The van der Waals surface area contributed by atoms with Crippen molar-refractivity contribution in [2.45, 2.75) is 25.8 Å². The van der Waals surface area contributed by atoms with Crippen molar-refractivity contribution in [2.24, 2.45) is 5.92 Å². The lowest BCUT2D eigenvalue weighted by Gasteiger charge is -2.30. The Hall–Kier alpha value is -2.71. The summed E-state index contributed by atoms with van der Waals surface area (Å²) < 4.78 is 45.4. The van der Waals surface area contributed by atoms with Crippen molar-refractivity contribution >= 4 is 22.0 Å². The van der Waals surface area contributed by atoms with Crippen LogP contribution in [0.25, 0.3) is 6.08 Å². The van der Waals surface area contributed by atoms with E-state index in [0.717, 1.165) is 5.56 Å². The maximum absolute atomic E-state index is 13.9. The molecule has 31 heavy (non-hydrogen) atoms. The summed E-state index contributed by atoms with van der Waals surface area (Å²) in [6.07, 6.45) is 2.45. The summed E-state index contributed by atoms with van der Waals surface area (Å²) in [7, 11) is -2.14. The Morgan fingerprint density at radius 3 is 2.48 bits per heavy atom. The molecule has 3 rings (SSSR count). The number of carbonyl (C=O) groups excluding carboxylic acids is 1. The highest BCUT2D eigenvalue weighted by atomic mass is 32.2. The second-order valence-electron chi connectivity index (χ2n) is 7.56. The summed E-state index contributed by atoms with van der Waals surface area (Å²) in [5, 5.41) is 4.11. The predicted molar refractivity (Wildman–Crippen MR) is 118 cm³/mol. The van der Waals surface area contributed by atoms with E-state index < -0.39 is 15.8 Å². The third kappa shape index (κ3) is 5.92. The molecule has 1 aliphatic rings. The van der Waals surface area contributed by atoms with Gasteiger partial charge in [-0.2, -0.15) is 4.31 Å². The predicted octanol–water partition coefficient (Wildman–Crippen LogP) is 3.72. The van der Waals surface area contributed by atoms with Crippen molar-refractivity contribution in [3.63, 3.8) is 0 Å². The van der Waals surface area contributed by atoms with Crippen LogP contribution in [0, 0.1) is 11.7 Å². The lowest BCUT2D eigenvalue weighted by atomic mass is 9.96. The number of benzene rings is 2. The number of sulfonamides is 1. The molecule has 6 nitrogen and oxygen atoms in total. The smallest absolute Gasteiger partial charge is 0.236 e. The number of carbonyl (C=O) groups is 1. The van der Waals surface area contributed by atoms with Gasteiger partial charge in [-0.3, -0.25) is 4.79 Å². The quantitative estimate of drug-likeness (QED) is 0.703. The third-order valence-corrected chi connectivity index (χ3v) is 7.02. The fourth-order valence-electron chi connectivity index (χ4n) is 3.55. The van der Waals surface area contributed by atoms with Crippen LogP contribution in [-0.4, -0.2) is 38.8 Å². The molecule has 1 heterocycles. The molecular weight excluding hydrogens is 419 g/mol. The average Bonchev–Trinajstić information content (AvgIpc) is 2.78. The minimum absolute atomic E-state index is 0.150. The van der Waals surface area contributed by atoms with Crippen LogP contribution >= 0.6 is 0 Å². The van der Waals surface area contributed by atoms with E-state index in [9.17, 15) is 17.6 Å². The Labute approximate surface area is 182 Å². The van der Waals surface area contributed by atoms with Crippen molar-refractivity contribution in [3.05, 3.63) is 70.9 Å². The molecule has 0 radical (unpaired) electrons. The molecule has 1 amide bonds. The summed E-state index contributed by atoms with van der Waals surface area (Å²) in [4.78, 5) is 12.6. The summed E-state index contributed by atoms with van der Waals surface area (Å²) in [6, 6.07) is 13.4. The van der Waals surface area contributed by atoms with Crippen molar-refractivity contribution in [3.8, 4) is 5.75 Å². The average molecular weight is 447 g/mol. The van der Waals surface area contributed by atoms with E-state index in [0.29, 0.717) is 18.4 Å². The van der Waals surface area contributed by atoms with Gasteiger partial charge in [0.1, 0.15) is 0 Å². The van der Waals surface area contributed by atoms with E-state index in [1.54, 1.807) is 19.1 Å². The van der Waals surface area contributed by atoms with Gasteiger partial charge in [0.05, 0.1) is 13.2 Å². The number of methoxy groups -OCH3 is 1. The van der Waals surface area contributed by atoms with Gasteiger partial charge in [0.2, 0.25) is 15.9 Å². The first kappa shape index (κ1) is 23.0. The van der Waals surface area contributed by atoms with Crippen LogP contribution in [0.4, 0.5) is 4.39 Å². The number of hydrogen-bond donors (Lipinski definition) is 1. The fourth-order valence-corrected chi connectivity index (χ4v) is 4.77. The highest BCUT2D eigenvalue weighted by molar-refractivity contribution is 7.92. The molecule has 1 fully saturated rings. The first-order chi connectivity index (χ1) is 14.8. The Bertz CT molecular complexity index is 1030. The molecule has 0 aliphatic carbocycles. The number of ether oxygens (including phenoxy) is 1. The summed E-state index contributed by atoms with van der Waals surface area (Å²) in [5.41, 5.74) is 1.45. The standard InChI is InChI=1S/C23H27FN2O4S/c1-17(20-8-9-22(30-2)21(24)16-20)25-23(27)19-10-13-26(14-11-19)31(28,29)15-12-18-6-4-3-5-7-18/h3-9,12,15-17,19H,10-11,13-14H2,1-2H3,(H,25,27)/b15-12+. The monoisotopic (exact) mass is 446 g/mol. The van der Waals surface area contributed by atoms with Crippen LogP contribution in [0.3, 0.4) is 0 Å². The Balaban J connectivity index is 1.54. The highest BCUT2D eigenvalue weighted by Crippen LogP contribution is 2.24. The van der Waals surface area contributed by atoms with E-state index in [4.69, 9.17) is 4.74 Å². The molecule has 166 valence electrons. The number of amides is 1. The van der Waals surface area contributed by atoms with Gasteiger partial charge < -0.3 is 10.1 Å². The van der Waals surface area contributed by atoms with Crippen LogP contribution in [0.15, 0.2) is 53.9 Å². The number of nitrogens with zero attached hydrogens (tertiary/aromatic N) is 1. The molecular formula is C23H27FN2O4S. The zero-order chi connectivity index (χ0) is 22.4. The topological polar surface area (TPSA) is 75.7 Å². The first-order valence-corrected chi connectivity index (χ1v) is 11.7. The van der Waals surface area contributed by atoms with Gasteiger partial charge in [-0.05, 0) is 49.1 Å². The fraction of sp³-hybridized carbons (Fsp3) is 0.348. The lowest BCUT2D eigenvalue weighted by molar-refractivity contribution is -0.126. The molecule has 1 saturated heterocycles. The molecule has 0 saturated carbocycles. The molecule has 1 unspecified atom stereocenters. The number of hydrogen-bond acceptors (Lipinski definition) is 4. The molecule has 1 atom stereocenters. The first-order valence-electron chi connectivity index (χ1n) is 10.2. The summed E-state index contributed by atoms with van der Waals surface area (Å²) >= 11 is 0. The van der Waals surface area contributed by atoms with E-state index in [1.165, 1.54) is 29.0 Å². The molecule has 8 heteroatoms. The molecule has 0 bridgehead atoms. The van der Waals surface area contributed by atoms with Gasteiger partial charge in [-0.15, -0.1) is 0 Å². The van der Waals surface area contributed by atoms with E-state index in [-0.39, 0.29) is 36.7 Å². The summed E-state index contributed by atoms with van der Waals surface area (Å²) in [6.45, 7) is 2.35. The normalized spacial score (nSPS) is 16.9. The van der Waals surface area contributed by atoms with Crippen molar-refractivity contribution in [2.75, 3.05) is 20.2 Å². The van der Waals surface area contributed by atoms with Crippen LogP contribution < -0.4 is 10.1 Å². The number of piperidine rings is 1. The number of halogens is 1. The third-order valence-electron chi connectivity index (χ3n) is 5.45. The molecule has 2 aromatic rings. The van der Waals surface area contributed by atoms with Crippen molar-refractivity contribution in [1.82, 2.24) is 9.62 Å². The van der Waals surface area contributed by atoms with Gasteiger partial charge in [0.25, 0.3) is 0 Å². The SMILES string of the molecule is COc1ccc(C(C)NC(=O)C2CCN(S(=O)(=O)/C=C/c3ccccc3)CC2)cc1F. The van der Waals surface area contributed by atoms with Crippen LogP contribution in [-0.2, 0) is 14.8 Å². The minimum atomic E-state index is -3.54.